The van der Waals surface area contributed by atoms with Gasteiger partial charge >= 0.3 is 5.97 Å². The summed E-state index contributed by atoms with van der Waals surface area (Å²) in [4.78, 5) is 23.8. The quantitative estimate of drug-likeness (QED) is 0.891. The van der Waals surface area contributed by atoms with E-state index in [1.54, 1.807) is 26.0 Å². The highest BCUT2D eigenvalue weighted by Crippen LogP contribution is 2.19. The summed E-state index contributed by atoms with van der Waals surface area (Å²) in [6.07, 6.45) is 1.86. The molecule has 5 heteroatoms. The number of carboxylic acids is 1. The summed E-state index contributed by atoms with van der Waals surface area (Å²) in [7, 11) is 0. The van der Waals surface area contributed by atoms with E-state index in [4.69, 9.17) is 4.74 Å². The average Bonchev–Trinajstić information content (AvgIpc) is 2.47. The van der Waals surface area contributed by atoms with Gasteiger partial charge in [-0.1, -0.05) is 12.1 Å². The first kappa shape index (κ1) is 15.5. The van der Waals surface area contributed by atoms with E-state index in [0.29, 0.717) is 23.6 Å². The van der Waals surface area contributed by atoms with Gasteiger partial charge in [0.25, 0.3) is 5.91 Å². The van der Waals surface area contributed by atoms with E-state index in [-0.39, 0.29) is 17.0 Å². The highest BCUT2D eigenvalue weighted by Gasteiger charge is 2.22. The highest BCUT2D eigenvalue weighted by molar-refractivity contribution is 6.06. The Morgan fingerprint density at radius 1 is 1.19 bits per heavy atom. The standard InChI is InChI=1S/C16H21NO4/c1-10-3-4-11(2)14(16(19)20)13(10)15(18)17-9-12-5-7-21-8-6-12/h3-4,12H,5-9H2,1-2H3,(H,17,18)(H,19,20). The van der Waals surface area contributed by atoms with E-state index in [1.165, 1.54) is 0 Å². The van der Waals surface area contributed by atoms with Gasteiger partial charge in [-0.2, -0.15) is 0 Å². The second-order valence-corrected chi connectivity index (χ2v) is 5.52. The van der Waals surface area contributed by atoms with Crippen molar-refractivity contribution in [3.63, 3.8) is 0 Å². The minimum Gasteiger partial charge on any atom is -0.478 e. The van der Waals surface area contributed by atoms with Crippen LogP contribution in [-0.4, -0.2) is 36.7 Å². The van der Waals surface area contributed by atoms with Gasteiger partial charge in [-0.3, -0.25) is 4.79 Å². The Morgan fingerprint density at radius 2 is 1.76 bits per heavy atom. The molecule has 2 N–H and O–H groups in total. The first-order chi connectivity index (χ1) is 10.0. The lowest BCUT2D eigenvalue weighted by Gasteiger charge is -2.22. The summed E-state index contributed by atoms with van der Waals surface area (Å²) >= 11 is 0. The third-order valence-electron chi connectivity index (χ3n) is 3.96. The number of hydrogen-bond donors (Lipinski definition) is 2. The smallest absolute Gasteiger partial charge is 0.336 e. The Morgan fingerprint density at radius 3 is 2.33 bits per heavy atom. The number of carbonyl (C=O) groups excluding carboxylic acids is 1. The molecule has 1 heterocycles. The Labute approximate surface area is 124 Å². The maximum atomic E-state index is 12.4. The molecular formula is C16H21NO4. The summed E-state index contributed by atoms with van der Waals surface area (Å²) in [5.41, 5.74) is 1.65. The molecule has 1 aromatic carbocycles. The normalized spacial score (nSPS) is 15.7. The van der Waals surface area contributed by atoms with Crippen LogP contribution < -0.4 is 5.32 Å². The Kier molecular flexibility index (Phi) is 4.96. The molecule has 1 aliphatic rings. The van der Waals surface area contributed by atoms with Gasteiger partial charge in [-0.25, -0.2) is 4.79 Å². The Balaban J connectivity index is 2.14. The van der Waals surface area contributed by atoms with Crippen molar-refractivity contribution in [3.05, 3.63) is 34.4 Å². The molecule has 114 valence electrons. The maximum Gasteiger partial charge on any atom is 0.336 e. The topological polar surface area (TPSA) is 75.6 Å². The number of hydrogen-bond acceptors (Lipinski definition) is 3. The number of aryl methyl sites for hydroxylation is 2. The molecule has 5 nitrogen and oxygen atoms in total. The van der Waals surface area contributed by atoms with Crippen molar-refractivity contribution in [2.24, 2.45) is 5.92 Å². The van der Waals surface area contributed by atoms with Crippen molar-refractivity contribution in [2.75, 3.05) is 19.8 Å². The molecular weight excluding hydrogens is 270 g/mol. The molecule has 2 rings (SSSR count). The van der Waals surface area contributed by atoms with Crippen molar-refractivity contribution in [2.45, 2.75) is 26.7 Å². The fourth-order valence-electron chi connectivity index (χ4n) is 2.66. The first-order valence-corrected chi connectivity index (χ1v) is 7.20. The number of carbonyl (C=O) groups is 2. The SMILES string of the molecule is Cc1ccc(C)c(C(=O)NCC2CCOCC2)c1C(=O)O. The largest absolute Gasteiger partial charge is 0.478 e. The lowest BCUT2D eigenvalue weighted by Crippen LogP contribution is -2.33. The van der Waals surface area contributed by atoms with E-state index >= 15 is 0 Å². The predicted molar refractivity (Wildman–Crippen MR) is 78.8 cm³/mol. The third-order valence-corrected chi connectivity index (χ3v) is 3.96. The third kappa shape index (κ3) is 3.61. The van der Waals surface area contributed by atoms with Crippen LogP contribution in [0.3, 0.4) is 0 Å². The minimum absolute atomic E-state index is 0.0967. The number of benzene rings is 1. The van der Waals surface area contributed by atoms with Gasteiger partial charge < -0.3 is 15.2 Å². The number of rotatable bonds is 4. The molecule has 1 amide bonds. The molecule has 0 aromatic heterocycles. The molecule has 1 aliphatic heterocycles. The van der Waals surface area contributed by atoms with Crippen molar-refractivity contribution in [1.29, 1.82) is 0 Å². The second-order valence-electron chi connectivity index (χ2n) is 5.52. The first-order valence-electron chi connectivity index (χ1n) is 7.20. The molecule has 0 unspecified atom stereocenters. The molecule has 0 aliphatic carbocycles. The van der Waals surface area contributed by atoms with E-state index in [0.717, 1.165) is 26.1 Å². The molecule has 0 spiro atoms. The Hall–Kier alpha value is -1.88. The van der Waals surface area contributed by atoms with Crippen LogP contribution in [0.4, 0.5) is 0 Å². The van der Waals surface area contributed by atoms with E-state index in [1.807, 2.05) is 0 Å². The van der Waals surface area contributed by atoms with Crippen LogP contribution in [0, 0.1) is 19.8 Å². The summed E-state index contributed by atoms with van der Waals surface area (Å²) in [6.45, 7) is 5.48. The van der Waals surface area contributed by atoms with Crippen LogP contribution >= 0.6 is 0 Å². The predicted octanol–water partition coefficient (Wildman–Crippen LogP) is 2.16. The molecule has 1 saturated heterocycles. The zero-order valence-electron chi connectivity index (χ0n) is 12.4. The van der Waals surface area contributed by atoms with Gasteiger partial charge in [0.2, 0.25) is 0 Å². The van der Waals surface area contributed by atoms with Gasteiger partial charge in [-0.15, -0.1) is 0 Å². The zero-order chi connectivity index (χ0) is 15.4. The highest BCUT2D eigenvalue weighted by atomic mass is 16.5. The van der Waals surface area contributed by atoms with Crippen LogP contribution in [-0.2, 0) is 4.74 Å². The molecule has 0 radical (unpaired) electrons. The van der Waals surface area contributed by atoms with E-state index < -0.39 is 5.97 Å². The van der Waals surface area contributed by atoms with Crippen LogP contribution in [0.5, 0.6) is 0 Å². The molecule has 1 aromatic rings. The van der Waals surface area contributed by atoms with Gasteiger partial charge in [0, 0.05) is 19.8 Å². The van der Waals surface area contributed by atoms with E-state index in [9.17, 15) is 14.7 Å². The van der Waals surface area contributed by atoms with Crippen molar-refractivity contribution >= 4 is 11.9 Å². The summed E-state index contributed by atoms with van der Waals surface area (Å²) in [5, 5.41) is 12.2. The fourth-order valence-corrected chi connectivity index (χ4v) is 2.66. The minimum atomic E-state index is -1.06. The average molecular weight is 291 g/mol. The van der Waals surface area contributed by atoms with Gasteiger partial charge in [0.1, 0.15) is 0 Å². The van der Waals surface area contributed by atoms with Gasteiger partial charge in [0.15, 0.2) is 0 Å². The lowest BCUT2D eigenvalue weighted by atomic mass is 9.96. The van der Waals surface area contributed by atoms with Crippen LogP contribution in [0.25, 0.3) is 0 Å². The molecule has 0 saturated carbocycles. The molecule has 0 atom stereocenters. The van der Waals surface area contributed by atoms with Gasteiger partial charge in [-0.05, 0) is 43.7 Å². The summed E-state index contributed by atoms with van der Waals surface area (Å²) in [5.74, 6) is -0.964. The van der Waals surface area contributed by atoms with Crippen molar-refractivity contribution in [3.8, 4) is 0 Å². The maximum absolute atomic E-state index is 12.4. The molecule has 1 fully saturated rings. The fraction of sp³-hybridized carbons (Fsp3) is 0.500. The van der Waals surface area contributed by atoms with Crippen LogP contribution in [0.15, 0.2) is 12.1 Å². The van der Waals surface area contributed by atoms with Crippen LogP contribution in [0.2, 0.25) is 0 Å². The summed E-state index contributed by atoms with van der Waals surface area (Å²) < 4.78 is 5.29. The number of ether oxygens (including phenoxy) is 1. The zero-order valence-corrected chi connectivity index (χ0v) is 12.4. The van der Waals surface area contributed by atoms with Crippen LogP contribution in [0.1, 0.15) is 44.7 Å². The van der Waals surface area contributed by atoms with Gasteiger partial charge in [0.05, 0.1) is 11.1 Å². The molecule has 21 heavy (non-hydrogen) atoms. The number of amides is 1. The number of carboxylic acid groups (broad SMARTS) is 1. The monoisotopic (exact) mass is 291 g/mol. The second kappa shape index (κ2) is 6.72. The Bertz CT molecular complexity index is 547. The lowest BCUT2D eigenvalue weighted by molar-refractivity contribution is 0.0640. The summed E-state index contributed by atoms with van der Waals surface area (Å²) in [6, 6.07) is 3.51. The van der Waals surface area contributed by atoms with Crippen molar-refractivity contribution < 1.29 is 19.4 Å². The molecule has 0 bridgehead atoms. The number of nitrogens with one attached hydrogen (secondary N) is 1. The number of aromatic carboxylic acids is 1. The van der Waals surface area contributed by atoms with E-state index in [2.05, 4.69) is 5.32 Å². The van der Waals surface area contributed by atoms with Crippen molar-refractivity contribution in [1.82, 2.24) is 5.32 Å².